The molecule has 0 spiro atoms. The quantitative estimate of drug-likeness (QED) is 0.808. The van der Waals surface area contributed by atoms with Crippen molar-refractivity contribution in [1.82, 2.24) is 20.0 Å². The van der Waals surface area contributed by atoms with Crippen molar-refractivity contribution in [2.45, 2.75) is 13.5 Å². The van der Waals surface area contributed by atoms with Gasteiger partial charge in [-0.3, -0.25) is 14.4 Å². The molecule has 0 aliphatic carbocycles. The minimum Gasteiger partial charge on any atom is -0.494 e. The Morgan fingerprint density at radius 3 is 2.77 bits per heavy atom. The molecule has 0 saturated carbocycles. The predicted octanol–water partition coefficient (Wildman–Crippen LogP) is 1.26. The van der Waals surface area contributed by atoms with Gasteiger partial charge in [-0.1, -0.05) is 12.1 Å². The summed E-state index contributed by atoms with van der Waals surface area (Å²) in [6.07, 6.45) is 3.91. The van der Waals surface area contributed by atoms with Gasteiger partial charge in [-0.15, -0.1) is 0 Å². The molecule has 1 N–H and O–H groups in total. The van der Waals surface area contributed by atoms with E-state index < -0.39 is 0 Å². The highest BCUT2D eigenvalue weighted by Gasteiger charge is 2.19. The number of hydrogen-bond donors (Lipinski definition) is 1. The Hall–Kier alpha value is -2.54. The van der Waals surface area contributed by atoms with Gasteiger partial charge < -0.3 is 15.0 Å². The molecule has 1 aliphatic heterocycles. The van der Waals surface area contributed by atoms with Crippen molar-refractivity contribution in [1.29, 1.82) is 0 Å². The maximum Gasteiger partial charge on any atom is 0.234 e. The standard InChI is InChI=1S/C19H27N5O2/c1-3-26-18-6-4-5-16(11-18)12-20-19(25)15-23-7-9-24(10-8-23)17-13-21-22(2)14-17/h4-6,11,13-14H,3,7-10,12,15H2,1-2H3,(H,20,25). The lowest BCUT2D eigenvalue weighted by Gasteiger charge is -2.34. The lowest BCUT2D eigenvalue weighted by molar-refractivity contribution is -0.122. The molecular weight excluding hydrogens is 330 g/mol. The molecule has 1 aromatic carbocycles. The van der Waals surface area contributed by atoms with Crippen molar-refractivity contribution < 1.29 is 9.53 Å². The number of rotatable bonds is 7. The van der Waals surface area contributed by atoms with Crippen molar-refractivity contribution in [3.63, 3.8) is 0 Å². The molecule has 0 atom stereocenters. The van der Waals surface area contributed by atoms with Gasteiger partial charge >= 0.3 is 0 Å². The first kappa shape index (κ1) is 18.3. The first-order valence-corrected chi connectivity index (χ1v) is 9.08. The molecule has 2 heterocycles. The average molecular weight is 357 g/mol. The summed E-state index contributed by atoms with van der Waals surface area (Å²) in [5, 5.41) is 7.22. The zero-order valence-electron chi connectivity index (χ0n) is 15.5. The third-order valence-corrected chi connectivity index (χ3v) is 4.50. The van der Waals surface area contributed by atoms with Gasteiger partial charge in [-0.25, -0.2) is 0 Å². The van der Waals surface area contributed by atoms with E-state index in [-0.39, 0.29) is 5.91 Å². The number of hydrogen-bond acceptors (Lipinski definition) is 5. The van der Waals surface area contributed by atoms with Gasteiger partial charge in [0.05, 0.1) is 25.0 Å². The highest BCUT2D eigenvalue weighted by Crippen LogP contribution is 2.15. The topological polar surface area (TPSA) is 62.6 Å². The second kappa shape index (κ2) is 8.71. The minimum absolute atomic E-state index is 0.0571. The van der Waals surface area contributed by atoms with Crippen molar-refractivity contribution in [3.8, 4) is 5.75 Å². The van der Waals surface area contributed by atoms with Crippen molar-refractivity contribution in [2.75, 3.05) is 44.2 Å². The molecule has 3 rings (SSSR count). The Balaban J connectivity index is 1.41. The van der Waals surface area contributed by atoms with E-state index in [4.69, 9.17) is 4.74 Å². The number of aryl methyl sites for hydroxylation is 1. The molecule has 1 aliphatic rings. The van der Waals surface area contributed by atoms with E-state index in [2.05, 4.69) is 20.2 Å². The molecule has 0 bridgehead atoms. The number of anilines is 1. The number of nitrogens with one attached hydrogen (secondary N) is 1. The fraction of sp³-hybridized carbons (Fsp3) is 0.474. The number of benzene rings is 1. The molecule has 140 valence electrons. The summed E-state index contributed by atoms with van der Waals surface area (Å²) in [6, 6.07) is 7.84. The molecule has 1 saturated heterocycles. The summed E-state index contributed by atoms with van der Waals surface area (Å²) in [7, 11) is 1.92. The maximum atomic E-state index is 12.2. The Morgan fingerprint density at radius 2 is 2.08 bits per heavy atom. The van der Waals surface area contributed by atoms with E-state index in [1.807, 2.05) is 55.3 Å². The Labute approximate surface area is 154 Å². The van der Waals surface area contributed by atoms with Gasteiger partial charge in [0.1, 0.15) is 5.75 Å². The van der Waals surface area contributed by atoms with Gasteiger partial charge in [0.25, 0.3) is 0 Å². The minimum atomic E-state index is 0.0571. The van der Waals surface area contributed by atoms with Crippen LogP contribution in [0.4, 0.5) is 5.69 Å². The van der Waals surface area contributed by atoms with Gasteiger partial charge in [0.2, 0.25) is 5.91 Å². The first-order valence-electron chi connectivity index (χ1n) is 9.08. The van der Waals surface area contributed by atoms with Crippen LogP contribution in [0.3, 0.4) is 0 Å². The monoisotopic (exact) mass is 357 g/mol. The van der Waals surface area contributed by atoms with Gasteiger partial charge in [0, 0.05) is 46.0 Å². The number of aromatic nitrogens is 2. The van der Waals surface area contributed by atoms with Crippen molar-refractivity contribution in [3.05, 3.63) is 42.2 Å². The van der Waals surface area contributed by atoms with E-state index in [0.29, 0.717) is 19.7 Å². The summed E-state index contributed by atoms with van der Waals surface area (Å²) < 4.78 is 7.31. The Bertz CT molecular complexity index is 722. The van der Waals surface area contributed by atoms with Crippen LogP contribution in [0.25, 0.3) is 0 Å². The molecule has 0 unspecified atom stereocenters. The number of piperazine rings is 1. The molecular formula is C19H27N5O2. The average Bonchev–Trinajstić information content (AvgIpc) is 3.08. The highest BCUT2D eigenvalue weighted by atomic mass is 16.5. The zero-order valence-corrected chi connectivity index (χ0v) is 15.5. The van der Waals surface area contributed by atoms with Crippen LogP contribution in [0.5, 0.6) is 5.75 Å². The molecule has 26 heavy (non-hydrogen) atoms. The van der Waals surface area contributed by atoms with Gasteiger partial charge in [-0.05, 0) is 24.6 Å². The summed E-state index contributed by atoms with van der Waals surface area (Å²) >= 11 is 0. The summed E-state index contributed by atoms with van der Waals surface area (Å²) in [6.45, 7) is 7.14. The lowest BCUT2D eigenvalue weighted by atomic mass is 10.2. The summed E-state index contributed by atoms with van der Waals surface area (Å²) in [5.74, 6) is 0.896. The van der Waals surface area contributed by atoms with E-state index in [0.717, 1.165) is 43.2 Å². The lowest BCUT2D eigenvalue weighted by Crippen LogP contribution is -2.49. The maximum absolute atomic E-state index is 12.2. The highest BCUT2D eigenvalue weighted by molar-refractivity contribution is 5.78. The van der Waals surface area contributed by atoms with Gasteiger partial charge in [0.15, 0.2) is 0 Å². The number of amides is 1. The molecule has 1 fully saturated rings. The first-order chi connectivity index (χ1) is 12.6. The smallest absolute Gasteiger partial charge is 0.234 e. The molecule has 7 heteroatoms. The molecule has 7 nitrogen and oxygen atoms in total. The summed E-state index contributed by atoms with van der Waals surface area (Å²) in [5.41, 5.74) is 2.19. The Kier molecular flexibility index (Phi) is 6.12. The third-order valence-electron chi connectivity index (χ3n) is 4.50. The fourth-order valence-electron chi connectivity index (χ4n) is 3.11. The Morgan fingerprint density at radius 1 is 1.27 bits per heavy atom. The van der Waals surface area contributed by atoms with Crippen LogP contribution in [0.2, 0.25) is 0 Å². The predicted molar refractivity (Wildman–Crippen MR) is 101 cm³/mol. The second-order valence-corrected chi connectivity index (χ2v) is 6.49. The summed E-state index contributed by atoms with van der Waals surface area (Å²) in [4.78, 5) is 16.7. The number of carbonyl (C=O) groups is 1. The van der Waals surface area contributed by atoms with Crippen LogP contribution in [-0.4, -0.2) is 59.9 Å². The zero-order chi connectivity index (χ0) is 18.4. The van der Waals surface area contributed by atoms with Crippen LogP contribution in [0, 0.1) is 0 Å². The largest absolute Gasteiger partial charge is 0.494 e. The number of ether oxygens (including phenoxy) is 1. The van der Waals surface area contributed by atoms with Crippen LogP contribution in [-0.2, 0) is 18.4 Å². The van der Waals surface area contributed by atoms with Crippen LogP contribution >= 0.6 is 0 Å². The van der Waals surface area contributed by atoms with E-state index >= 15 is 0 Å². The van der Waals surface area contributed by atoms with Crippen LogP contribution in [0.1, 0.15) is 12.5 Å². The van der Waals surface area contributed by atoms with E-state index in [1.54, 1.807) is 0 Å². The second-order valence-electron chi connectivity index (χ2n) is 6.49. The van der Waals surface area contributed by atoms with Crippen molar-refractivity contribution >= 4 is 11.6 Å². The molecule has 0 radical (unpaired) electrons. The molecule has 1 amide bonds. The van der Waals surface area contributed by atoms with Gasteiger partial charge in [-0.2, -0.15) is 5.10 Å². The van der Waals surface area contributed by atoms with Crippen LogP contribution in [0.15, 0.2) is 36.7 Å². The molecule has 2 aromatic rings. The van der Waals surface area contributed by atoms with Crippen molar-refractivity contribution in [2.24, 2.45) is 7.05 Å². The third kappa shape index (κ3) is 4.98. The SMILES string of the molecule is CCOc1cccc(CNC(=O)CN2CCN(c3cnn(C)c3)CC2)c1. The normalized spacial score (nSPS) is 15.1. The molecule has 1 aromatic heterocycles. The van der Waals surface area contributed by atoms with E-state index in [9.17, 15) is 4.79 Å². The van der Waals surface area contributed by atoms with E-state index in [1.165, 1.54) is 0 Å². The number of nitrogens with zero attached hydrogens (tertiary/aromatic N) is 4. The number of carbonyl (C=O) groups excluding carboxylic acids is 1. The fourth-order valence-corrected chi connectivity index (χ4v) is 3.11. The van der Waals surface area contributed by atoms with Crippen LogP contribution < -0.4 is 15.0 Å².